The molecule has 102 valence electrons. The van der Waals surface area contributed by atoms with Gasteiger partial charge in [-0.1, -0.05) is 42.5 Å². The number of aliphatic carboxylic acids is 1. The number of carboxylic acid groups (broad SMARTS) is 1. The molecule has 0 saturated carbocycles. The normalized spacial score (nSPS) is 11.2. The first-order valence-corrected chi connectivity index (χ1v) is 7.23. The predicted octanol–water partition coefficient (Wildman–Crippen LogP) is 3.91. The third kappa shape index (κ3) is 3.42. The minimum Gasteiger partial charge on any atom is -0.478 e. The summed E-state index contributed by atoms with van der Waals surface area (Å²) < 4.78 is 5.54. The van der Waals surface area contributed by atoms with Gasteiger partial charge in [0.25, 0.3) is 0 Å². The highest BCUT2D eigenvalue weighted by Crippen LogP contribution is 2.28. The third-order valence-electron chi connectivity index (χ3n) is 2.69. The molecule has 0 aromatic heterocycles. The summed E-state index contributed by atoms with van der Waals surface area (Å²) in [5.74, 6) is -0.368. The molecule has 0 aliphatic heterocycles. The van der Waals surface area contributed by atoms with Gasteiger partial charge in [-0.05, 0) is 24.0 Å². The summed E-state index contributed by atoms with van der Waals surface area (Å²) >= 11 is 1.55. The second-order valence-electron chi connectivity index (χ2n) is 3.97. The van der Waals surface area contributed by atoms with E-state index in [4.69, 9.17) is 4.74 Å². The van der Waals surface area contributed by atoms with E-state index >= 15 is 0 Å². The molecule has 0 atom stereocenters. The van der Waals surface area contributed by atoms with Crippen molar-refractivity contribution in [2.75, 3.05) is 6.26 Å². The van der Waals surface area contributed by atoms with Gasteiger partial charge in [-0.2, -0.15) is 0 Å². The second-order valence-corrected chi connectivity index (χ2v) is 4.82. The van der Waals surface area contributed by atoms with Gasteiger partial charge in [0.1, 0.15) is 17.6 Å². The Bertz CT molecular complexity index is 621. The lowest BCUT2D eigenvalue weighted by Crippen LogP contribution is -2.01. The van der Waals surface area contributed by atoms with E-state index in [0.29, 0.717) is 11.3 Å². The van der Waals surface area contributed by atoms with Gasteiger partial charge in [0.05, 0.1) is 0 Å². The zero-order valence-corrected chi connectivity index (χ0v) is 11.8. The molecule has 4 heteroatoms. The fourth-order valence-corrected chi connectivity index (χ4v) is 2.23. The fraction of sp³-hybridized carbons (Fsp3) is 0.0625. The van der Waals surface area contributed by atoms with Crippen LogP contribution in [0.1, 0.15) is 5.56 Å². The molecule has 0 fully saturated rings. The number of thioether (sulfide) groups is 1. The zero-order chi connectivity index (χ0) is 14.4. The topological polar surface area (TPSA) is 46.5 Å². The minimum absolute atomic E-state index is 0.126. The van der Waals surface area contributed by atoms with Gasteiger partial charge < -0.3 is 9.84 Å². The van der Waals surface area contributed by atoms with Crippen LogP contribution in [-0.2, 0) is 4.79 Å². The number of hydrogen-bond donors (Lipinski definition) is 1. The quantitative estimate of drug-likeness (QED) is 0.514. The van der Waals surface area contributed by atoms with Crippen molar-refractivity contribution in [1.29, 1.82) is 0 Å². The molecule has 0 bridgehead atoms. The fourth-order valence-electron chi connectivity index (χ4n) is 1.70. The smallest absolute Gasteiger partial charge is 0.339 e. The van der Waals surface area contributed by atoms with E-state index in [1.54, 1.807) is 36.0 Å². The molecule has 0 saturated heterocycles. The van der Waals surface area contributed by atoms with E-state index in [0.717, 1.165) is 4.90 Å². The van der Waals surface area contributed by atoms with Crippen LogP contribution < -0.4 is 4.74 Å². The Morgan fingerprint density at radius 2 is 1.75 bits per heavy atom. The average molecular weight is 286 g/mol. The maximum atomic E-state index is 11.3. The Kier molecular flexibility index (Phi) is 4.85. The van der Waals surface area contributed by atoms with Crippen LogP contribution in [0.2, 0.25) is 0 Å². The van der Waals surface area contributed by atoms with Gasteiger partial charge >= 0.3 is 5.97 Å². The molecule has 0 radical (unpaired) electrons. The molecule has 0 unspecified atom stereocenters. The van der Waals surface area contributed by atoms with Crippen LogP contribution in [0.5, 0.6) is 5.75 Å². The van der Waals surface area contributed by atoms with Crippen LogP contribution >= 0.6 is 11.8 Å². The van der Waals surface area contributed by atoms with Crippen LogP contribution in [0.25, 0.3) is 5.57 Å². The maximum absolute atomic E-state index is 11.3. The molecule has 1 N–H and O–H groups in total. The molecule has 20 heavy (non-hydrogen) atoms. The number of carboxylic acids is 1. The van der Waals surface area contributed by atoms with Gasteiger partial charge in [0.15, 0.2) is 0 Å². The molecule has 2 aromatic carbocycles. The zero-order valence-electron chi connectivity index (χ0n) is 10.9. The molecular formula is C16H14O3S. The van der Waals surface area contributed by atoms with Crippen LogP contribution in [-0.4, -0.2) is 17.3 Å². The standard InChI is InChI=1S/C16H14O3S/c1-20-15-10-6-5-9-14(15)19-11-13(16(17)18)12-7-3-2-4-8-12/h2-11H,1H3,(H,17,18). The van der Waals surface area contributed by atoms with Gasteiger partial charge in [0.2, 0.25) is 0 Å². The Morgan fingerprint density at radius 1 is 1.10 bits per heavy atom. The van der Waals surface area contributed by atoms with Gasteiger partial charge in [-0.15, -0.1) is 11.8 Å². The Morgan fingerprint density at radius 3 is 2.40 bits per heavy atom. The van der Waals surface area contributed by atoms with Crippen LogP contribution in [0, 0.1) is 0 Å². The summed E-state index contributed by atoms with van der Waals surface area (Å²) in [6.45, 7) is 0. The van der Waals surface area contributed by atoms with E-state index in [9.17, 15) is 9.90 Å². The van der Waals surface area contributed by atoms with Gasteiger partial charge in [-0.25, -0.2) is 4.79 Å². The lowest BCUT2D eigenvalue weighted by Gasteiger charge is -2.07. The molecule has 0 aliphatic rings. The Balaban J connectivity index is 2.29. The van der Waals surface area contributed by atoms with E-state index < -0.39 is 5.97 Å². The number of ether oxygens (including phenoxy) is 1. The van der Waals surface area contributed by atoms with E-state index in [2.05, 4.69) is 0 Å². The Hall–Kier alpha value is -2.20. The molecule has 3 nitrogen and oxygen atoms in total. The van der Waals surface area contributed by atoms with Crippen molar-refractivity contribution in [1.82, 2.24) is 0 Å². The summed E-state index contributed by atoms with van der Waals surface area (Å²) in [7, 11) is 0. The van der Waals surface area contributed by atoms with E-state index in [1.807, 2.05) is 36.6 Å². The predicted molar refractivity (Wildman–Crippen MR) is 80.9 cm³/mol. The number of carbonyl (C=O) groups is 1. The summed E-state index contributed by atoms with van der Waals surface area (Å²) in [6, 6.07) is 16.4. The average Bonchev–Trinajstić information content (AvgIpc) is 2.48. The monoisotopic (exact) mass is 286 g/mol. The largest absolute Gasteiger partial charge is 0.478 e. The summed E-state index contributed by atoms with van der Waals surface area (Å²) in [4.78, 5) is 12.3. The molecular weight excluding hydrogens is 272 g/mol. The third-order valence-corrected chi connectivity index (χ3v) is 3.47. The number of rotatable bonds is 5. The summed E-state index contributed by atoms with van der Waals surface area (Å²) in [6.07, 6.45) is 3.23. The van der Waals surface area contributed by atoms with Gasteiger partial charge in [0, 0.05) is 4.90 Å². The minimum atomic E-state index is -1.02. The Labute approximate surface area is 121 Å². The van der Waals surface area contributed by atoms with Crippen LogP contribution in [0.4, 0.5) is 0 Å². The molecule has 0 amide bonds. The van der Waals surface area contributed by atoms with Crippen molar-refractivity contribution in [3.05, 3.63) is 66.4 Å². The highest BCUT2D eigenvalue weighted by molar-refractivity contribution is 7.98. The van der Waals surface area contributed by atoms with Crippen LogP contribution in [0.3, 0.4) is 0 Å². The van der Waals surface area contributed by atoms with Crippen LogP contribution in [0.15, 0.2) is 65.8 Å². The molecule has 0 aliphatic carbocycles. The van der Waals surface area contributed by atoms with Gasteiger partial charge in [-0.3, -0.25) is 0 Å². The highest BCUT2D eigenvalue weighted by atomic mass is 32.2. The molecule has 2 rings (SSSR count). The first-order chi connectivity index (χ1) is 9.72. The lowest BCUT2D eigenvalue weighted by atomic mass is 10.1. The lowest BCUT2D eigenvalue weighted by molar-refractivity contribution is -0.130. The molecule has 0 spiro atoms. The number of benzene rings is 2. The van der Waals surface area contributed by atoms with Crippen molar-refractivity contribution in [2.45, 2.75) is 4.90 Å². The first-order valence-electron chi connectivity index (χ1n) is 6.01. The highest BCUT2D eigenvalue weighted by Gasteiger charge is 2.11. The first kappa shape index (κ1) is 14.2. The van der Waals surface area contributed by atoms with E-state index in [-0.39, 0.29) is 5.57 Å². The maximum Gasteiger partial charge on any atom is 0.339 e. The number of hydrogen-bond acceptors (Lipinski definition) is 3. The second kappa shape index (κ2) is 6.82. The molecule has 2 aromatic rings. The van der Waals surface area contributed by atoms with Crippen molar-refractivity contribution in [2.24, 2.45) is 0 Å². The van der Waals surface area contributed by atoms with E-state index in [1.165, 1.54) is 6.26 Å². The number of para-hydroxylation sites is 1. The van der Waals surface area contributed by atoms with Crippen molar-refractivity contribution in [3.63, 3.8) is 0 Å². The van der Waals surface area contributed by atoms with Crippen molar-refractivity contribution in [3.8, 4) is 5.75 Å². The summed E-state index contributed by atoms with van der Waals surface area (Å²) in [5.41, 5.74) is 0.739. The molecule has 0 heterocycles. The van der Waals surface area contributed by atoms with Crippen molar-refractivity contribution < 1.29 is 14.6 Å². The summed E-state index contributed by atoms with van der Waals surface area (Å²) in [5, 5.41) is 9.28. The van der Waals surface area contributed by atoms with Crippen molar-refractivity contribution >= 4 is 23.3 Å². The SMILES string of the molecule is CSc1ccccc1OC=C(C(=O)O)c1ccccc1.